The summed E-state index contributed by atoms with van der Waals surface area (Å²) in [5, 5.41) is 2.68. The largest absolute Gasteiger partial charge is 0.355 e. The molecule has 0 bridgehead atoms. The van der Waals surface area contributed by atoms with Crippen molar-refractivity contribution in [1.82, 2.24) is 5.32 Å². The first-order chi connectivity index (χ1) is 7.84. The lowest BCUT2D eigenvalue weighted by molar-refractivity contribution is -0.128. The van der Waals surface area contributed by atoms with Gasteiger partial charge < -0.3 is 10.1 Å². The molecule has 1 aromatic rings. The predicted octanol–water partition coefficient (Wildman–Crippen LogP) is 1.79. The Kier molecular flexibility index (Phi) is 5.92. The van der Waals surface area contributed by atoms with E-state index in [1.54, 1.807) is 0 Å². The van der Waals surface area contributed by atoms with Gasteiger partial charge in [0.1, 0.15) is 6.29 Å². The van der Waals surface area contributed by atoms with E-state index in [2.05, 4.69) is 5.32 Å². The van der Waals surface area contributed by atoms with E-state index in [1.165, 1.54) is 0 Å². The SMILES string of the molecule is O=CC1CCCCNC1=O.c1ccccc1. The Morgan fingerprint density at radius 2 is 1.62 bits per heavy atom. The zero-order chi connectivity index (χ0) is 11.6. The van der Waals surface area contributed by atoms with E-state index in [4.69, 9.17) is 0 Å². The van der Waals surface area contributed by atoms with Gasteiger partial charge in [0.2, 0.25) is 5.91 Å². The summed E-state index contributed by atoms with van der Waals surface area (Å²) in [7, 11) is 0. The van der Waals surface area contributed by atoms with Gasteiger partial charge in [-0.25, -0.2) is 0 Å². The fraction of sp³-hybridized carbons (Fsp3) is 0.385. The summed E-state index contributed by atoms with van der Waals surface area (Å²) in [6.45, 7) is 0.725. The Labute approximate surface area is 95.9 Å². The second-order valence-electron chi connectivity index (χ2n) is 3.68. The molecule has 1 amide bonds. The Balaban J connectivity index is 0.000000181. The van der Waals surface area contributed by atoms with E-state index in [0.717, 1.165) is 32.1 Å². The van der Waals surface area contributed by atoms with Crippen molar-refractivity contribution in [2.24, 2.45) is 5.92 Å². The fourth-order valence-electron chi connectivity index (χ4n) is 1.48. The average molecular weight is 219 g/mol. The zero-order valence-corrected chi connectivity index (χ0v) is 9.26. The third-order valence-corrected chi connectivity index (χ3v) is 2.41. The summed E-state index contributed by atoms with van der Waals surface area (Å²) >= 11 is 0. The third kappa shape index (κ3) is 4.73. The van der Waals surface area contributed by atoms with Gasteiger partial charge in [0.15, 0.2) is 0 Å². The first-order valence-electron chi connectivity index (χ1n) is 5.57. The van der Waals surface area contributed by atoms with E-state index in [9.17, 15) is 9.59 Å². The van der Waals surface area contributed by atoms with Crippen LogP contribution in [0.5, 0.6) is 0 Å². The number of amides is 1. The number of rotatable bonds is 1. The molecular formula is C13H17NO2. The van der Waals surface area contributed by atoms with Gasteiger partial charge in [0.25, 0.3) is 0 Å². The lowest BCUT2D eigenvalue weighted by atomic mass is 10.1. The van der Waals surface area contributed by atoms with Crippen LogP contribution in [-0.2, 0) is 9.59 Å². The third-order valence-electron chi connectivity index (χ3n) is 2.41. The molecule has 0 aromatic heterocycles. The van der Waals surface area contributed by atoms with Crippen LogP contribution in [0, 0.1) is 5.92 Å². The van der Waals surface area contributed by atoms with Crippen LogP contribution in [0.4, 0.5) is 0 Å². The molecule has 0 saturated carbocycles. The molecule has 1 unspecified atom stereocenters. The summed E-state index contributed by atoms with van der Waals surface area (Å²) in [6.07, 6.45) is 3.42. The van der Waals surface area contributed by atoms with Crippen molar-refractivity contribution in [3.63, 3.8) is 0 Å². The van der Waals surface area contributed by atoms with Crippen molar-refractivity contribution in [3.8, 4) is 0 Å². The van der Waals surface area contributed by atoms with E-state index >= 15 is 0 Å². The van der Waals surface area contributed by atoms with E-state index < -0.39 is 0 Å². The highest BCUT2D eigenvalue weighted by atomic mass is 16.2. The van der Waals surface area contributed by atoms with Gasteiger partial charge in [0, 0.05) is 6.54 Å². The van der Waals surface area contributed by atoms with Crippen molar-refractivity contribution in [2.75, 3.05) is 6.54 Å². The molecule has 0 aliphatic carbocycles. The minimum absolute atomic E-state index is 0.104. The maximum Gasteiger partial charge on any atom is 0.230 e. The molecule has 1 atom stereocenters. The van der Waals surface area contributed by atoms with Crippen LogP contribution in [0.25, 0.3) is 0 Å². The van der Waals surface area contributed by atoms with E-state index in [1.807, 2.05) is 36.4 Å². The van der Waals surface area contributed by atoms with Crippen molar-refractivity contribution in [2.45, 2.75) is 19.3 Å². The van der Waals surface area contributed by atoms with Gasteiger partial charge in [-0.2, -0.15) is 0 Å². The van der Waals surface area contributed by atoms with Crippen LogP contribution in [0.1, 0.15) is 19.3 Å². The second kappa shape index (κ2) is 7.63. The molecule has 2 rings (SSSR count). The highest BCUT2D eigenvalue weighted by Gasteiger charge is 2.18. The first-order valence-corrected chi connectivity index (χ1v) is 5.57. The van der Waals surface area contributed by atoms with E-state index in [-0.39, 0.29) is 11.8 Å². The standard InChI is InChI=1S/C7H11NO2.C6H6/c9-5-6-3-1-2-4-8-7(6)10;1-2-4-6-5-3-1/h5-6H,1-4H2,(H,8,10);1-6H. The molecule has 3 heteroatoms. The molecule has 1 N–H and O–H groups in total. The highest BCUT2D eigenvalue weighted by molar-refractivity contribution is 5.91. The summed E-state index contributed by atoms with van der Waals surface area (Å²) in [6, 6.07) is 12.0. The van der Waals surface area contributed by atoms with Crippen LogP contribution < -0.4 is 5.32 Å². The highest BCUT2D eigenvalue weighted by Crippen LogP contribution is 2.09. The smallest absolute Gasteiger partial charge is 0.230 e. The van der Waals surface area contributed by atoms with E-state index in [0.29, 0.717) is 0 Å². The number of benzene rings is 1. The molecule has 1 fully saturated rings. The molecule has 0 radical (unpaired) electrons. The summed E-state index contributed by atoms with van der Waals surface area (Å²) in [4.78, 5) is 21.2. The molecule has 1 aliphatic rings. The Bertz CT molecular complexity index is 284. The van der Waals surface area contributed by atoms with Gasteiger partial charge in [-0.05, 0) is 12.8 Å². The number of carbonyl (C=O) groups excluding carboxylic acids is 2. The second-order valence-corrected chi connectivity index (χ2v) is 3.68. The average Bonchev–Trinajstić information content (AvgIpc) is 2.56. The summed E-state index contributed by atoms with van der Waals surface area (Å²) in [5.74, 6) is -0.491. The number of nitrogens with one attached hydrogen (secondary N) is 1. The summed E-state index contributed by atoms with van der Waals surface area (Å²) < 4.78 is 0. The molecule has 1 heterocycles. The van der Waals surface area contributed by atoms with Crippen molar-refractivity contribution < 1.29 is 9.59 Å². The van der Waals surface area contributed by atoms with Crippen molar-refractivity contribution in [1.29, 1.82) is 0 Å². The number of aldehydes is 1. The maximum absolute atomic E-state index is 10.9. The molecule has 1 saturated heterocycles. The van der Waals surface area contributed by atoms with Gasteiger partial charge in [-0.1, -0.05) is 42.8 Å². The van der Waals surface area contributed by atoms with Crippen LogP contribution in [-0.4, -0.2) is 18.7 Å². The minimum atomic E-state index is -0.387. The van der Waals surface area contributed by atoms with Crippen LogP contribution >= 0.6 is 0 Å². The first kappa shape index (κ1) is 12.4. The number of hydrogen-bond acceptors (Lipinski definition) is 2. The Hall–Kier alpha value is -1.64. The van der Waals surface area contributed by atoms with Crippen molar-refractivity contribution >= 4 is 12.2 Å². The van der Waals surface area contributed by atoms with Crippen molar-refractivity contribution in [3.05, 3.63) is 36.4 Å². The lowest BCUT2D eigenvalue weighted by Gasteiger charge is -2.02. The molecule has 1 aliphatic heterocycles. The van der Waals surface area contributed by atoms with Crippen LogP contribution in [0.3, 0.4) is 0 Å². The summed E-state index contributed by atoms with van der Waals surface area (Å²) in [5.41, 5.74) is 0. The molecular weight excluding hydrogens is 202 g/mol. The lowest BCUT2D eigenvalue weighted by Crippen LogP contribution is -2.29. The normalized spacial score (nSPS) is 19.8. The Morgan fingerprint density at radius 3 is 2.12 bits per heavy atom. The Morgan fingerprint density at radius 1 is 1.06 bits per heavy atom. The van der Waals surface area contributed by atoms with Crippen LogP contribution in [0.15, 0.2) is 36.4 Å². The van der Waals surface area contributed by atoms with Gasteiger partial charge >= 0.3 is 0 Å². The zero-order valence-electron chi connectivity index (χ0n) is 9.26. The molecule has 3 nitrogen and oxygen atoms in total. The van der Waals surface area contributed by atoms with Gasteiger partial charge in [0.05, 0.1) is 5.92 Å². The maximum atomic E-state index is 10.9. The van der Waals surface area contributed by atoms with Gasteiger partial charge in [-0.3, -0.25) is 4.79 Å². The molecule has 86 valence electrons. The molecule has 1 aromatic carbocycles. The van der Waals surface area contributed by atoms with Crippen LogP contribution in [0.2, 0.25) is 0 Å². The quantitative estimate of drug-likeness (QED) is 0.578. The number of hydrogen-bond donors (Lipinski definition) is 1. The monoisotopic (exact) mass is 219 g/mol. The fourth-order valence-corrected chi connectivity index (χ4v) is 1.48. The topological polar surface area (TPSA) is 46.2 Å². The number of carbonyl (C=O) groups is 2. The minimum Gasteiger partial charge on any atom is -0.355 e. The molecule has 0 spiro atoms. The predicted molar refractivity (Wildman–Crippen MR) is 62.9 cm³/mol. The molecule has 16 heavy (non-hydrogen) atoms. The van der Waals surface area contributed by atoms with Gasteiger partial charge in [-0.15, -0.1) is 0 Å².